The molecule has 0 atom stereocenters. The molecule has 0 amide bonds. The second-order valence-corrected chi connectivity index (χ2v) is 4.43. The maximum atomic E-state index is 5.70. The maximum Gasteiger partial charge on any atom is 0.205 e. The van der Waals surface area contributed by atoms with Crippen molar-refractivity contribution in [1.29, 1.82) is 0 Å². The van der Waals surface area contributed by atoms with Crippen LogP contribution in [0.25, 0.3) is 0 Å². The average molecular weight is 223 g/mol. The maximum absolute atomic E-state index is 5.70. The second kappa shape index (κ2) is 3.75. The summed E-state index contributed by atoms with van der Waals surface area (Å²) in [6.45, 7) is 3.38. The predicted octanol–water partition coefficient (Wildman–Crippen LogP) is 0.763. The largest absolute Gasteiger partial charge is 0.347 e. The molecule has 2 saturated heterocycles. The van der Waals surface area contributed by atoms with Gasteiger partial charge >= 0.3 is 0 Å². The lowest BCUT2D eigenvalue weighted by molar-refractivity contribution is -0.169. The van der Waals surface area contributed by atoms with Gasteiger partial charge in [0.15, 0.2) is 5.79 Å². The molecule has 3 heterocycles. The number of aromatic nitrogens is 2. The fraction of sp³-hybridized carbons (Fsp3) is 0.727. The lowest BCUT2D eigenvalue weighted by Crippen LogP contribution is -2.45. The van der Waals surface area contributed by atoms with Gasteiger partial charge in [0.2, 0.25) is 5.95 Å². The molecule has 3 rings (SSSR count). The molecule has 0 bridgehead atoms. The number of piperidine rings is 1. The normalized spacial score (nSPS) is 24.2. The first-order chi connectivity index (χ1) is 7.79. The van der Waals surface area contributed by atoms with Crippen LogP contribution in [0.1, 0.15) is 12.8 Å². The van der Waals surface area contributed by atoms with Crippen LogP contribution in [0.2, 0.25) is 0 Å². The van der Waals surface area contributed by atoms with Crippen LogP contribution in [-0.2, 0) is 16.5 Å². The van der Waals surface area contributed by atoms with Gasteiger partial charge in [-0.25, -0.2) is 4.98 Å². The molecule has 0 aromatic carbocycles. The van der Waals surface area contributed by atoms with Crippen LogP contribution in [-0.4, -0.2) is 41.6 Å². The summed E-state index contributed by atoms with van der Waals surface area (Å²) in [7, 11) is 2.02. The highest BCUT2D eigenvalue weighted by Gasteiger charge is 2.40. The Bertz CT molecular complexity index is 361. The molecule has 0 unspecified atom stereocenters. The van der Waals surface area contributed by atoms with Crippen LogP contribution in [0.5, 0.6) is 0 Å². The molecule has 2 aliphatic rings. The summed E-state index contributed by atoms with van der Waals surface area (Å²) in [4.78, 5) is 6.65. The number of hydrogen-bond acceptors (Lipinski definition) is 4. The minimum atomic E-state index is -0.290. The van der Waals surface area contributed by atoms with Gasteiger partial charge in [-0.1, -0.05) is 0 Å². The molecule has 16 heavy (non-hydrogen) atoms. The van der Waals surface area contributed by atoms with Crippen LogP contribution in [0.3, 0.4) is 0 Å². The molecule has 0 aliphatic carbocycles. The number of hydrogen-bond donors (Lipinski definition) is 0. The number of imidazole rings is 1. The summed E-state index contributed by atoms with van der Waals surface area (Å²) in [5.74, 6) is 0.745. The predicted molar refractivity (Wildman–Crippen MR) is 59.3 cm³/mol. The van der Waals surface area contributed by atoms with E-state index in [0.717, 1.165) is 45.1 Å². The molecule has 0 saturated carbocycles. The van der Waals surface area contributed by atoms with E-state index in [1.54, 1.807) is 0 Å². The topological polar surface area (TPSA) is 39.5 Å². The molecule has 5 nitrogen and oxygen atoms in total. The zero-order valence-electron chi connectivity index (χ0n) is 9.56. The summed E-state index contributed by atoms with van der Waals surface area (Å²) in [5.41, 5.74) is 0. The standard InChI is InChI=1S/C11H17N3O2/c1-13-7-4-12-10(13)14-5-2-11(3-6-14)15-8-9-16-11/h4,7H,2-3,5-6,8-9H2,1H3. The third-order valence-electron chi connectivity index (χ3n) is 3.42. The quantitative estimate of drug-likeness (QED) is 0.705. The van der Waals surface area contributed by atoms with Crippen LogP contribution in [0.4, 0.5) is 5.95 Å². The van der Waals surface area contributed by atoms with E-state index >= 15 is 0 Å². The second-order valence-electron chi connectivity index (χ2n) is 4.43. The molecule has 0 N–H and O–H groups in total. The van der Waals surface area contributed by atoms with E-state index in [9.17, 15) is 0 Å². The minimum absolute atomic E-state index is 0.290. The molecule has 0 radical (unpaired) electrons. The first kappa shape index (κ1) is 10.1. The van der Waals surface area contributed by atoms with Gasteiger partial charge < -0.3 is 18.9 Å². The van der Waals surface area contributed by atoms with Crippen molar-refractivity contribution in [2.45, 2.75) is 18.6 Å². The van der Waals surface area contributed by atoms with E-state index in [0.29, 0.717) is 0 Å². The number of rotatable bonds is 1. The van der Waals surface area contributed by atoms with Crippen molar-refractivity contribution in [1.82, 2.24) is 9.55 Å². The summed E-state index contributed by atoms with van der Waals surface area (Å²) in [6, 6.07) is 0. The van der Waals surface area contributed by atoms with E-state index in [-0.39, 0.29) is 5.79 Å². The van der Waals surface area contributed by atoms with Crippen LogP contribution < -0.4 is 4.90 Å². The van der Waals surface area contributed by atoms with Crippen molar-refractivity contribution in [2.75, 3.05) is 31.2 Å². The molecule has 1 aromatic heterocycles. The van der Waals surface area contributed by atoms with Crippen molar-refractivity contribution in [3.63, 3.8) is 0 Å². The fourth-order valence-corrected chi connectivity index (χ4v) is 2.50. The van der Waals surface area contributed by atoms with Crippen molar-refractivity contribution in [2.24, 2.45) is 7.05 Å². The van der Waals surface area contributed by atoms with Crippen LogP contribution in [0.15, 0.2) is 12.4 Å². The number of nitrogens with zero attached hydrogens (tertiary/aromatic N) is 3. The molecule has 1 aromatic rings. The highest BCUT2D eigenvalue weighted by Crippen LogP contribution is 2.32. The first-order valence-corrected chi connectivity index (χ1v) is 5.79. The average Bonchev–Trinajstić information content (AvgIpc) is 2.90. The van der Waals surface area contributed by atoms with Crippen molar-refractivity contribution >= 4 is 5.95 Å². The number of anilines is 1. The molecule has 5 heteroatoms. The first-order valence-electron chi connectivity index (χ1n) is 5.79. The van der Waals surface area contributed by atoms with Gasteiger partial charge in [-0.2, -0.15) is 0 Å². The van der Waals surface area contributed by atoms with E-state index in [4.69, 9.17) is 9.47 Å². The van der Waals surface area contributed by atoms with Crippen molar-refractivity contribution in [3.05, 3.63) is 12.4 Å². The summed E-state index contributed by atoms with van der Waals surface area (Å²) in [6.07, 6.45) is 5.67. The lowest BCUT2D eigenvalue weighted by Gasteiger charge is -2.37. The minimum Gasteiger partial charge on any atom is -0.347 e. The van der Waals surface area contributed by atoms with Gasteiger partial charge in [-0.15, -0.1) is 0 Å². The van der Waals surface area contributed by atoms with Gasteiger partial charge in [0, 0.05) is 45.4 Å². The molecular formula is C11H17N3O2. The summed E-state index contributed by atoms with van der Waals surface area (Å²) < 4.78 is 13.5. The van der Waals surface area contributed by atoms with E-state index in [1.165, 1.54) is 0 Å². The highest BCUT2D eigenvalue weighted by molar-refractivity contribution is 5.31. The number of ether oxygens (including phenoxy) is 2. The molecule has 88 valence electrons. The van der Waals surface area contributed by atoms with Gasteiger partial charge in [-0.3, -0.25) is 0 Å². The van der Waals surface area contributed by atoms with E-state index < -0.39 is 0 Å². The van der Waals surface area contributed by atoms with Crippen molar-refractivity contribution < 1.29 is 9.47 Å². The monoisotopic (exact) mass is 223 g/mol. The van der Waals surface area contributed by atoms with E-state index in [2.05, 4.69) is 9.88 Å². The zero-order valence-corrected chi connectivity index (χ0v) is 9.56. The summed E-state index contributed by atoms with van der Waals surface area (Å²) in [5, 5.41) is 0. The third kappa shape index (κ3) is 1.60. The summed E-state index contributed by atoms with van der Waals surface area (Å²) >= 11 is 0. The number of aryl methyl sites for hydroxylation is 1. The lowest BCUT2D eigenvalue weighted by atomic mass is 10.0. The van der Waals surface area contributed by atoms with Gasteiger partial charge in [0.25, 0.3) is 0 Å². The Morgan fingerprint density at radius 2 is 1.94 bits per heavy atom. The molecule has 2 fully saturated rings. The Hall–Kier alpha value is -1.07. The van der Waals surface area contributed by atoms with Gasteiger partial charge in [-0.05, 0) is 0 Å². The van der Waals surface area contributed by atoms with Crippen molar-refractivity contribution in [3.8, 4) is 0 Å². The zero-order chi connectivity index (χ0) is 11.0. The highest BCUT2D eigenvalue weighted by atomic mass is 16.7. The molecular weight excluding hydrogens is 206 g/mol. The molecule has 2 aliphatic heterocycles. The Morgan fingerprint density at radius 3 is 2.50 bits per heavy atom. The third-order valence-corrected chi connectivity index (χ3v) is 3.42. The molecule has 1 spiro atoms. The SMILES string of the molecule is Cn1ccnc1N1CCC2(CC1)OCCO2. The van der Waals surface area contributed by atoms with Crippen LogP contribution >= 0.6 is 0 Å². The Morgan fingerprint density at radius 1 is 1.25 bits per heavy atom. The van der Waals surface area contributed by atoms with Gasteiger partial charge in [0.1, 0.15) is 0 Å². The van der Waals surface area contributed by atoms with E-state index in [1.807, 2.05) is 24.0 Å². The van der Waals surface area contributed by atoms with Crippen LogP contribution in [0, 0.1) is 0 Å². The Labute approximate surface area is 95.0 Å². The Kier molecular flexibility index (Phi) is 2.37. The fourth-order valence-electron chi connectivity index (χ4n) is 2.50. The smallest absolute Gasteiger partial charge is 0.205 e. The van der Waals surface area contributed by atoms with Gasteiger partial charge in [0.05, 0.1) is 13.2 Å². The Balaban J connectivity index is 1.68.